The quantitative estimate of drug-likeness (QED) is 0.0534. The van der Waals surface area contributed by atoms with Crippen molar-refractivity contribution in [2.24, 2.45) is 4.99 Å². The maximum absolute atomic E-state index is 7.09. The molecule has 0 saturated carbocycles. The van der Waals surface area contributed by atoms with Crippen LogP contribution in [0.15, 0.2) is 217 Å². The van der Waals surface area contributed by atoms with Gasteiger partial charge in [-0.25, -0.2) is 0 Å². The third kappa shape index (κ3) is 7.39. The molecule has 0 aliphatic carbocycles. The van der Waals surface area contributed by atoms with E-state index in [1.165, 1.54) is 37.9 Å². The molecule has 0 bridgehead atoms. The summed E-state index contributed by atoms with van der Waals surface area (Å²) in [4.78, 5) is 5.17. The number of nitrogen functional groups attached to an aromatic ring is 2. The van der Waals surface area contributed by atoms with Crippen molar-refractivity contribution in [2.45, 2.75) is 25.4 Å². The highest BCUT2D eigenvalue weighted by Gasteiger charge is 2.23. The van der Waals surface area contributed by atoms with Gasteiger partial charge in [-0.3, -0.25) is 4.99 Å². The van der Waals surface area contributed by atoms with E-state index in [4.69, 9.17) is 16.5 Å². The van der Waals surface area contributed by atoms with Crippen LogP contribution in [-0.2, 0) is 6.42 Å². The number of fused-ring (bicyclic) bond motifs is 12. The predicted molar refractivity (Wildman–Crippen MR) is 309 cm³/mol. The first-order chi connectivity index (χ1) is 35.4. The lowest BCUT2D eigenvalue weighted by atomic mass is 9.91. The normalized spacial score (nSPS) is 13.7. The van der Waals surface area contributed by atoms with Crippen molar-refractivity contribution in [1.29, 1.82) is 0 Å². The van der Waals surface area contributed by atoms with Gasteiger partial charge in [-0.2, -0.15) is 0 Å². The van der Waals surface area contributed by atoms with Crippen LogP contribution < -0.4 is 27.4 Å². The Morgan fingerprint density at radius 1 is 0.458 bits per heavy atom. The molecule has 0 aromatic heterocycles. The molecule has 7 N–H and O–H groups in total. The Kier molecular flexibility index (Phi) is 10.5. The number of hydrogen-bond acceptors (Lipinski definition) is 6. The SMILES string of the molecule is CC(Nc1c(N)c2ccccc2c2ccccc12)c1cc(-c2cccc(CCNc3c(N)c4ccccc4c4ccccc34)c2)cc(-c2cccc(C3C=Nc4c(c5ccccc5c5ccccc45)N3)c2)c1. The molecule has 0 amide bonds. The first-order valence-electron chi connectivity index (χ1n) is 24.9. The van der Waals surface area contributed by atoms with Gasteiger partial charge in [0.1, 0.15) is 0 Å². The predicted octanol–water partition coefficient (Wildman–Crippen LogP) is 16.8. The zero-order valence-electron chi connectivity index (χ0n) is 40.0. The summed E-state index contributed by atoms with van der Waals surface area (Å²) < 4.78 is 0. The Balaban J connectivity index is 0.867. The van der Waals surface area contributed by atoms with E-state index in [1.807, 2.05) is 0 Å². The van der Waals surface area contributed by atoms with E-state index in [2.05, 4.69) is 241 Å². The Hall–Kier alpha value is -9.13. The zero-order valence-corrected chi connectivity index (χ0v) is 40.0. The van der Waals surface area contributed by atoms with Crippen LogP contribution >= 0.6 is 0 Å². The van der Waals surface area contributed by atoms with E-state index < -0.39 is 0 Å². The maximum Gasteiger partial charge on any atom is 0.0943 e. The highest BCUT2D eigenvalue weighted by Crippen LogP contribution is 2.46. The molecule has 346 valence electrons. The number of aliphatic imine (C=N–C) groups is 1. The lowest BCUT2D eigenvalue weighted by molar-refractivity contribution is 0.888. The van der Waals surface area contributed by atoms with Gasteiger partial charge in [0.15, 0.2) is 0 Å². The Morgan fingerprint density at radius 3 is 1.56 bits per heavy atom. The van der Waals surface area contributed by atoms with E-state index in [0.29, 0.717) is 0 Å². The Bertz CT molecular complexity index is 4150. The molecule has 2 atom stereocenters. The van der Waals surface area contributed by atoms with Gasteiger partial charge in [0.2, 0.25) is 0 Å². The first kappa shape index (κ1) is 42.9. The van der Waals surface area contributed by atoms with Crippen LogP contribution in [0.4, 0.5) is 34.1 Å². The maximum atomic E-state index is 7.09. The van der Waals surface area contributed by atoms with Crippen molar-refractivity contribution >= 4 is 105 Å². The summed E-state index contributed by atoms with van der Waals surface area (Å²) in [6, 6.07) is 75.8. The second-order valence-corrected chi connectivity index (χ2v) is 19.2. The van der Waals surface area contributed by atoms with Crippen LogP contribution in [0.5, 0.6) is 0 Å². The summed E-state index contributed by atoms with van der Waals surface area (Å²) in [5.74, 6) is 0. The Morgan fingerprint density at radius 2 is 0.931 bits per heavy atom. The van der Waals surface area contributed by atoms with Gasteiger partial charge in [0.05, 0.1) is 40.2 Å². The van der Waals surface area contributed by atoms with Gasteiger partial charge in [-0.15, -0.1) is 0 Å². The number of nitrogens with one attached hydrogen (secondary N) is 3. The molecule has 0 saturated heterocycles. The third-order valence-electron chi connectivity index (χ3n) is 14.9. The van der Waals surface area contributed by atoms with Crippen molar-refractivity contribution < 1.29 is 0 Å². The molecule has 13 rings (SSSR count). The van der Waals surface area contributed by atoms with Crippen LogP contribution in [0.2, 0.25) is 0 Å². The minimum atomic E-state index is -0.123. The zero-order chi connectivity index (χ0) is 48.3. The van der Waals surface area contributed by atoms with Gasteiger partial charge in [-0.1, -0.05) is 188 Å². The fourth-order valence-electron chi connectivity index (χ4n) is 11.3. The van der Waals surface area contributed by atoms with Crippen molar-refractivity contribution in [2.75, 3.05) is 34.0 Å². The van der Waals surface area contributed by atoms with E-state index in [-0.39, 0.29) is 12.1 Å². The monoisotopic (exact) mass is 928 g/mol. The van der Waals surface area contributed by atoms with Crippen molar-refractivity contribution in [3.05, 3.63) is 229 Å². The number of nitrogens with two attached hydrogens (primary N) is 2. The van der Waals surface area contributed by atoms with Crippen LogP contribution in [-0.4, -0.2) is 12.8 Å². The summed E-state index contributed by atoms with van der Waals surface area (Å²) in [5, 5.41) is 25.4. The van der Waals surface area contributed by atoms with Gasteiger partial charge >= 0.3 is 0 Å². The molecule has 6 nitrogen and oxygen atoms in total. The Labute approximate surface area is 418 Å². The van der Waals surface area contributed by atoms with E-state index >= 15 is 0 Å². The molecule has 0 spiro atoms. The molecule has 2 unspecified atom stereocenters. The highest BCUT2D eigenvalue weighted by molar-refractivity contribution is 6.22. The molecule has 0 fully saturated rings. The lowest BCUT2D eigenvalue weighted by Gasteiger charge is -2.25. The number of hydrogen-bond donors (Lipinski definition) is 5. The van der Waals surface area contributed by atoms with Crippen molar-refractivity contribution in [3.63, 3.8) is 0 Å². The van der Waals surface area contributed by atoms with Crippen LogP contribution in [0.25, 0.3) is 86.9 Å². The topological polar surface area (TPSA) is 100 Å². The van der Waals surface area contributed by atoms with Crippen molar-refractivity contribution in [1.82, 2.24) is 0 Å². The summed E-state index contributed by atoms with van der Waals surface area (Å²) in [6.45, 7) is 2.96. The highest BCUT2D eigenvalue weighted by atomic mass is 15.0. The number of anilines is 5. The molecule has 0 radical (unpaired) electrons. The van der Waals surface area contributed by atoms with Gasteiger partial charge in [-0.05, 0) is 109 Å². The lowest BCUT2D eigenvalue weighted by Crippen LogP contribution is -2.15. The standard InChI is InChI=1S/C66H52N6/c1-40(71-64-57-29-11-5-23-51(57)49-21-3-9-27-55(49)62(64)68)45-36-46(42-17-14-16-41(34-42)32-33-69-63-56-28-10-4-22-50(56)48-20-2-8-26-54(48)61(63)67)38-47(37-45)43-18-15-19-44(35-43)60-39-70-65-58-30-12-6-24-52(58)53-25-7-13-31-59(53)66(65)72-60/h2-31,34-40,60,69,71-72H,32-33,67-68H2,1H3. The average molecular weight is 929 g/mol. The van der Waals surface area contributed by atoms with Crippen LogP contribution in [0.3, 0.4) is 0 Å². The molecule has 1 heterocycles. The molecule has 12 aromatic rings. The van der Waals surface area contributed by atoms with E-state index in [0.717, 1.165) is 113 Å². The van der Waals surface area contributed by atoms with Crippen molar-refractivity contribution in [3.8, 4) is 22.3 Å². The summed E-state index contributed by atoms with van der Waals surface area (Å²) in [6.07, 6.45) is 2.88. The third-order valence-corrected chi connectivity index (χ3v) is 14.9. The number of benzene rings is 12. The minimum absolute atomic E-state index is 0.0971. The van der Waals surface area contributed by atoms with Crippen LogP contribution in [0, 0.1) is 0 Å². The smallest absolute Gasteiger partial charge is 0.0943 e. The summed E-state index contributed by atoms with van der Waals surface area (Å²) in [7, 11) is 0. The molecule has 12 aromatic carbocycles. The molecular formula is C66H52N6. The number of rotatable bonds is 10. The second kappa shape index (κ2) is 17.7. The minimum Gasteiger partial charge on any atom is -0.397 e. The molecule has 1 aliphatic rings. The van der Waals surface area contributed by atoms with Gasteiger partial charge in [0, 0.05) is 51.1 Å². The first-order valence-corrected chi connectivity index (χ1v) is 24.9. The summed E-state index contributed by atoms with van der Waals surface area (Å²) >= 11 is 0. The molecule has 6 heteroatoms. The largest absolute Gasteiger partial charge is 0.397 e. The number of nitrogens with zero attached hydrogens (tertiary/aromatic N) is 1. The average Bonchev–Trinajstić information content (AvgIpc) is 3.45. The molecule has 1 aliphatic heterocycles. The molecular weight excluding hydrogens is 877 g/mol. The van der Waals surface area contributed by atoms with Crippen LogP contribution in [0.1, 0.15) is 35.7 Å². The summed E-state index contributed by atoms with van der Waals surface area (Å²) in [5.41, 5.74) is 27.6. The molecule has 72 heavy (non-hydrogen) atoms. The van der Waals surface area contributed by atoms with E-state index in [1.54, 1.807) is 0 Å². The fraction of sp³-hybridized carbons (Fsp3) is 0.0758. The van der Waals surface area contributed by atoms with Gasteiger partial charge in [0.25, 0.3) is 0 Å². The second-order valence-electron chi connectivity index (χ2n) is 19.2. The fourth-order valence-corrected chi connectivity index (χ4v) is 11.3. The van der Waals surface area contributed by atoms with E-state index in [9.17, 15) is 0 Å². The van der Waals surface area contributed by atoms with Gasteiger partial charge < -0.3 is 27.4 Å².